The highest BCUT2D eigenvalue weighted by molar-refractivity contribution is 5.81. The summed E-state index contributed by atoms with van der Waals surface area (Å²) in [6.07, 6.45) is 0.389. The number of hydrogen-bond acceptors (Lipinski definition) is 4. The minimum atomic E-state index is -1.05. The van der Waals surface area contributed by atoms with E-state index >= 15 is 0 Å². The van der Waals surface area contributed by atoms with Crippen molar-refractivity contribution in [3.8, 4) is 5.75 Å². The summed E-state index contributed by atoms with van der Waals surface area (Å²) in [5.41, 5.74) is -1.28. The summed E-state index contributed by atoms with van der Waals surface area (Å²) < 4.78 is 37.0. The van der Waals surface area contributed by atoms with Gasteiger partial charge in [0.05, 0.1) is 5.54 Å². The number of halogens is 2. The average molecular weight is 398 g/mol. The highest BCUT2D eigenvalue weighted by Gasteiger charge is 2.43. The predicted octanol–water partition coefficient (Wildman–Crippen LogP) is 3.54. The lowest BCUT2D eigenvalue weighted by Crippen LogP contribution is -2.57. The first-order valence-electron chi connectivity index (χ1n) is 9.30. The van der Waals surface area contributed by atoms with Gasteiger partial charge in [-0.3, -0.25) is 4.79 Å². The fraction of sp³-hybridized carbons (Fsp3) is 0.600. The molecule has 0 spiro atoms. The molecule has 0 aromatic heterocycles. The summed E-state index contributed by atoms with van der Waals surface area (Å²) in [6.45, 7) is 8.88. The number of rotatable bonds is 7. The lowest BCUT2D eigenvalue weighted by Gasteiger charge is -2.33. The van der Waals surface area contributed by atoms with E-state index < -0.39 is 40.9 Å². The Morgan fingerprint density at radius 1 is 1.18 bits per heavy atom. The van der Waals surface area contributed by atoms with E-state index in [4.69, 9.17) is 9.47 Å². The van der Waals surface area contributed by atoms with Crippen LogP contribution < -0.4 is 15.4 Å². The zero-order valence-corrected chi connectivity index (χ0v) is 16.9. The molecular weight excluding hydrogens is 370 g/mol. The summed E-state index contributed by atoms with van der Waals surface area (Å²) in [5, 5.41) is 5.62. The van der Waals surface area contributed by atoms with Gasteiger partial charge in [-0.2, -0.15) is 0 Å². The normalized spacial score (nSPS) is 17.2. The van der Waals surface area contributed by atoms with Crippen LogP contribution >= 0.6 is 0 Å². The molecule has 0 saturated heterocycles. The predicted molar refractivity (Wildman–Crippen MR) is 100.0 cm³/mol. The van der Waals surface area contributed by atoms with Gasteiger partial charge >= 0.3 is 6.09 Å². The molecule has 0 radical (unpaired) electrons. The number of hydrogen-bond donors (Lipinski definition) is 2. The van der Waals surface area contributed by atoms with E-state index in [1.807, 2.05) is 6.92 Å². The van der Waals surface area contributed by atoms with Crippen molar-refractivity contribution in [2.75, 3.05) is 6.54 Å². The molecule has 0 heterocycles. The molecule has 1 saturated carbocycles. The number of carbonyl (C=O) groups is 2. The van der Waals surface area contributed by atoms with Crippen LogP contribution in [0.4, 0.5) is 13.6 Å². The Kier molecular flexibility index (Phi) is 6.52. The molecule has 6 nitrogen and oxygen atoms in total. The van der Waals surface area contributed by atoms with E-state index in [-0.39, 0.29) is 18.2 Å². The molecule has 2 amide bonds. The molecule has 0 aliphatic heterocycles. The third-order valence-electron chi connectivity index (χ3n) is 4.46. The topological polar surface area (TPSA) is 76.7 Å². The van der Waals surface area contributed by atoms with Gasteiger partial charge in [0.2, 0.25) is 0 Å². The standard InChI is InChI=1S/C20H28F2N2O4/c1-12(27-14-8-9-15(21)16(22)10-14)17(25)24-20(5,13-6-7-13)11-23-18(26)28-19(2,3)4/h8-10,12-13H,6-7,11H2,1-5H3,(H,23,26)(H,24,25). The Hall–Kier alpha value is -2.38. The minimum Gasteiger partial charge on any atom is -0.481 e. The van der Waals surface area contributed by atoms with Crippen molar-refractivity contribution in [1.82, 2.24) is 10.6 Å². The van der Waals surface area contributed by atoms with Crippen LogP contribution in [0.5, 0.6) is 5.75 Å². The Balaban J connectivity index is 1.95. The number of benzene rings is 1. The highest BCUT2D eigenvalue weighted by Crippen LogP contribution is 2.39. The largest absolute Gasteiger partial charge is 0.481 e. The van der Waals surface area contributed by atoms with Gasteiger partial charge in [-0.1, -0.05) is 0 Å². The van der Waals surface area contributed by atoms with Crippen molar-refractivity contribution in [2.45, 2.75) is 64.7 Å². The van der Waals surface area contributed by atoms with Gasteiger partial charge < -0.3 is 20.1 Å². The third kappa shape index (κ3) is 6.35. The van der Waals surface area contributed by atoms with Crippen LogP contribution in [0.15, 0.2) is 18.2 Å². The molecule has 28 heavy (non-hydrogen) atoms. The van der Waals surface area contributed by atoms with Crippen LogP contribution in [0, 0.1) is 17.6 Å². The van der Waals surface area contributed by atoms with Crippen molar-refractivity contribution in [3.63, 3.8) is 0 Å². The van der Waals surface area contributed by atoms with E-state index in [9.17, 15) is 18.4 Å². The van der Waals surface area contributed by atoms with Crippen LogP contribution in [-0.2, 0) is 9.53 Å². The van der Waals surface area contributed by atoms with Crippen LogP contribution in [0.2, 0.25) is 0 Å². The molecule has 1 aromatic rings. The number of carbonyl (C=O) groups excluding carboxylic acids is 2. The van der Waals surface area contributed by atoms with Crippen molar-refractivity contribution < 1.29 is 27.8 Å². The molecule has 8 heteroatoms. The number of amides is 2. The number of nitrogens with one attached hydrogen (secondary N) is 2. The Morgan fingerprint density at radius 2 is 1.82 bits per heavy atom. The lowest BCUT2D eigenvalue weighted by atomic mass is 9.95. The molecule has 1 aromatic carbocycles. The maximum atomic E-state index is 13.3. The van der Waals surface area contributed by atoms with E-state index in [0.29, 0.717) is 0 Å². The van der Waals surface area contributed by atoms with Crippen LogP contribution in [0.25, 0.3) is 0 Å². The van der Waals surface area contributed by atoms with Gasteiger partial charge in [0, 0.05) is 12.6 Å². The van der Waals surface area contributed by atoms with Crippen molar-refractivity contribution in [1.29, 1.82) is 0 Å². The number of ether oxygens (including phenoxy) is 2. The number of alkyl carbamates (subject to hydrolysis) is 1. The second-order valence-electron chi connectivity index (χ2n) is 8.37. The van der Waals surface area contributed by atoms with Crippen molar-refractivity contribution >= 4 is 12.0 Å². The van der Waals surface area contributed by atoms with Gasteiger partial charge in [-0.15, -0.1) is 0 Å². The summed E-state index contributed by atoms with van der Waals surface area (Å²) in [6, 6.07) is 3.09. The minimum absolute atomic E-state index is 0.0570. The quantitative estimate of drug-likeness (QED) is 0.737. The first-order valence-corrected chi connectivity index (χ1v) is 9.30. The van der Waals surface area contributed by atoms with Crippen LogP contribution in [0.1, 0.15) is 47.5 Å². The molecule has 0 bridgehead atoms. The van der Waals surface area contributed by atoms with E-state index in [2.05, 4.69) is 10.6 Å². The second kappa shape index (κ2) is 8.32. The first-order chi connectivity index (χ1) is 12.9. The summed E-state index contributed by atoms with van der Waals surface area (Å²) in [7, 11) is 0. The Morgan fingerprint density at radius 3 is 2.36 bits per heavy atom. The van der Waals surface area contributed by atoms with Crippen LogP contribution in [-0.4, -0.2) is 35.8 Å². The highest BCUT2D eigenvalue weighted by atomic mass is 19.2. The molecular formula is C20H28F2N2O4. The molecule has 2 unspecified atom stereocenters. The van der Waals surface area contributed by atoms with E-state index in [1.165, 1.54) is 13.0 Å². The zero-order chi connectivity index (χ0) is 21.1. The molecule has 1 aliphatic rings. The van der Waals surface area contributed by atoms with Gasteiger partial charge in [0.25, 0.3) is 5.91 Å². The maximum Gasteiger partial charge on any atom is 0.407 e. The average Bonchev–Trinajstić information content (AvgIpc) is 3.40. The van der Waals surface area contributed by atoms with Crippen molar-refractivity contribution in [2.24, 2.45) is 5.92 Å². The molecule has 2 rings (SSSR count). The van der Waals surface area contributed by atoms with Crippen LogP contribution in [0.3, 0.4) is 0 Å². The van der Waals surface area contributed by atoms with E-state index in [0.717, 1.165) is 25.0 Å². The Bertz CT molecular complexity index is 731. The van der Waals surface area contributed by atoms with Gasteiger partial charge in [0.1, 0.15) is 11.4 Å². The zero-order valence-electron chi connectivity index (χ0n) is 16.9. The second-order valence-corrected chi connectivity index (χ2v) is 8.37. The SMILES string of the molecule is CC(Oc1ccc(F)c(F)c1)C(=O)NC(C)(CNC(=O)OC(C)(C)C)C1CC1. The first kappa shape index (κ1) is 21.9. The fourth-order valence-electron chi connectivity index (χ4n) is 2.77. The van der Waals surface area contributed by atoms with Gasteiger partial charge in [0.15, 0.2) is 17.7 Å². The summed E-state index contributed by atoms with van der Waals surface area (Å²) in [5.74, 6) is -2.16. The molecule has 2 N–H and O–H groups in total. The van der Waals surface area contributed by atoms with Gasteiger partial charge in [-0.05, 0) is 65.5 Å². The Labute approximate surface area is 164 Å². The van der Waals surface area contributed by atoms with E-state index in [1.54, 1.807) is 20.8 Å². The maximum absolute atomic E-state index is 13.3. The summed E-state index contributed by atoms with van der Waals surface area (Å²) in [4.78, 5) is 24.5. The molecule has 1 fully saturated rings. The monoisotopic (exact) mass is 398 g/mol. The molecule has 2 atom stereocenters. The third-order valence-corrected chi connectivity index (χ3v) is 4.46. The fourth-order valence-corrected chi connectivity index (χ4v) is 2.77. The lowest BCUT2D eigenvalue weighted by molar-refractivity contribution is -0.129. The smallest absolute Gasteiger partial charge is 0.407 e. The molecule has 156 valence electrons. The van der Waals surface area contributed by atoms with Gasteiger partial charge in [-0.25, -0.2) is 13.6 Å². The molecule has 1 aliphatic carbocycles. The summed E-state index contributed by atoms with van der Waals surface area (Å²) >= 11 is 0. The van der Waals surface area contributed by atoms with Crippen molar-refractivity contribution in [3.05, 3.63) is 29.8 Å².